The summed E-state index contributed by atoms with van der Waals surface area (Å²) in [6.45, 7) is 3.05. The molecule has 1 heteroatoms. The lowest BCUT2D eigenvalue weighted by molar-refractivity contribution is 0.737. The van der Waals surface area contributed by atoms with E-state index in [-0.39, 0.29) is 0 Å². The molecule has 0 amide bonds. The first-order valence-electron chi connectivity index (χ1n) is 5.65. The highest BCUT2D eigenvalue weighted by Crippen LogP contribution is 2.13. The Morgan fingerprint density at radius 1 is 1.00 bits per heavy atom. The first kappa shape index (κ1) is 11.3. The van der Waals surface area contributed by atoms with Gasteiger partial charge in [-0.3, -0.25) is 0 Å². The SMILES string of the molecule is CCCc1ccccc1CCCCN. The average molecular weight is 191 g/mol. The van der Waals surface area contributed by atoms with E-state index >= 15 is 0 Å². The predicted octanol–water partition coefficient (Wildman–Crippen LogP) is 2.92. The minimum Gasteiger partial charge on any atom is -0.330 e. The third kappa shape index (κ3) is 3.51. The van der Waals surface area contributed by atoms with Crippen molar-refractivity contribution < 1.29 is 0 Å². The van der Waals surface area contributed by atoms with E-state index in [1.165, 1.54) is 36.8 Å². The van der Waals surface area contributed by atoms with Crippen molar-refractivity contribution in [1.29, 1.82) is 0 Å². The molecule has 0 aliphatic heterocycles. The summed E-state index contributed by atoms with van der Waals surface area (Å²) >= 11 is 0. The molecule has 14 heavy (non-hydrogen) atoms. The molecule has 1 rings (SSSR count). The number of hydrogen-bond acceptors (Lipinski definition) is 1. The number of hydrogen-bond donors (Lipinski definition) is 1. The molecule has 0 aliphatic carbocycles. The van der Waals surface area contributed by atoms with Gasteiger partial charge in [0.25, 0.3) is 0 Å². The highest BCUT2D eigenvalue weighted by atomic mass is 14.5. The Hall–Kier alpha value is -0.820. The Morgan fingerprint density at radius 2 is 1.64 bits per heavy atom. The fourth-order valence-corrected chi connectivity index (χ4v) is 1.77. The maximum absolute atomic E-state index is 5.49. The van der Waals surface area contributed by atoms with Gasteiger partial charge >= 0.3 is 0 Å². The minimum absolute atomic E-state index is 0.815. The Morgan fingerprint density at radius 3 is 2.21 bits per heavy atom. The summed E-state index contributed by atoms with van der Waals surface area (Å²) in [5.74, 6) is 0. The third-order valence-electron chi connectivity index (χ3n) is 2.54. The second-order valence-corrected chi connectivity index (χ2v) is 3.76. The van der Waals surface area contributed by atoms with Crippen molar-refractivity contribution in [2.45, 2.75) is 39.0 Å². The molecule has 0 unspecified atom stereocenters. The molecule has 0 bridgehead atoms. The molecule has 0 aliphatic rings. The molecule has 0 saturated carbocycles. The van der Waals surface area contributed by atoms with Gasteiger partial charge in [-0.2, -0.15) is 0 Å². The van der Waals surface area contributed by atoms with Gasteiger partial charge in [0.1, 0.15) is 0 Å². The van der Waals surface area contributed by atoms with E-state index in [1.54, 1.807) is 0 Å². The van der Waals surface area contributed by atoms with Crippen molar-refractivity contribution in [3.63, 3.8) is 0 Å². The van der Waals surface area contributed by atoms with Crippen LogP contribution in [0, 0.1) is 0 Å². The van der Waals surface area contributed by atoms with Gasteiger partial charge in [0.2, 0.25) is 0 Å². The van der Waals surface area contributed by atoms with E-state index in [9.17, 15) is 0 Å². The Balaban J connectivity index is 2.55. The summed E-state index contributed by atoms with van der Waals surface area (Å²) < 4.78 is 0. The molecule has 2 N–H and O–H groups in total. The minimum atomic E-state index is 0.815. The molecule has 0 spiro atoms. The summed E-state index contributed by atoms with van der Waals surface area (Å²) in [6, 6.07) is 8.77. The number of unbranched alkanes of at least 4 members (excludes halogenated alkanes) is 1. The molecule has 0 aromatic heterocycles. The third-order valence-corrected chi connectivity index (χ3v) is 2.54. The van der Waals surface area contributed by atoms with Crippen LogP contribution >= 0.6 is 0 Å². The van der Waals surface area contributed by atoms with E-state index < -0.39 is 0 Å². The van der Waals surface area contributed by atoms with Crippen LogP contribution in [0.1, 0.15) is 37.3 Å². The van der Waals surface area contributed by atoms with Crippen molar-refractivity contribution in [1.82, 2.24) is 0 Å². The van der Waals surface area contributed by atoms with E-state index in [1.807, 2.05) is 0 Å². The maximum atomic E-state index is 5.49. The predicted molar refractivity (Wildman–Crippen MR) is 62.4 cm³/mol. The molecule has 0 heterocycles. The molecule has 1 aromatic carbocycles. The van der Waals surface area contributed by atoms with Gasteiger partial charge in [-0.25, -0.2) is 0 Å². The quantitative estimate of drug-likeness (QED) is 0.687. The molecule has 1 aromatic rings. The Labute approximate surface area is 87.3 Å². The maximum Gasteiger partial charge on any atom is -0.00772 e. The summed E-state index contributed by atoms with van der Waals surface area (Å²) in [5, 5.41) is 0. The molecular formula is C13H21N. The lowest BCUT2D eigenvalue weighted by Crippen LogP contribution is -2.00. The van der Waals surface area contributed by atoms with Crippen LogP contribution in [-0.2, 0) is 12.8 Å². The first-order chi connectivity index (χ1) is 6.88. The molecule has 0 atom stereocenters. The zero-order valence-electron chi connectivity index (χ0n) is 9.13. The standard InChI is InChI=1S/C13H21N/c1-2-7-12-8-3-4-9-13(12)10-5-6-11-14/h3-4,8-9H,2,5-7,10-11,14H2,1H3. The van der Waals surface area contributed by atoms with Gasteiger partial charge < -0.3 is 5.73 Å². The highest BCUT2D eigenvalue weighted by molar-refractivity contribution is 5.27. The van der Waals surface area contributed by atoms with Gasteiger partial charge in [-0.15, -0.1) is 0 Å². The number of benzene rings is 1. The summed E-state index contributed by atoms with van der Waals surface area (Å²) in [5.41, 5.74) is 8.53. The van der Waals surface area contributed by atoms with Crippen molar-refractivity contribution in [2.75, 3.05) is 6.54 Å². The summed E-state index contributed by atoms with van der Waals surface area (Å²) in [7, 11) is 0. The van der Waals surface area contributed by atoms with Crippen LogP contribution in [0.15, 0.2) is 24.3 Å². The lowest BCUT2D eigenvalue weighted by atomic mass is 9.99. The fraction of sp³-hybridized carbons (Fsp3) is 0.538. The first-order valence-corrected chi connectivity index (χ1v) is 5.65. The highest BCUT2D eigenvalue weighted by Gasteiger charge is 1.99. The van der Waals surface area contributed by atoms with Gasteiger partial charge in [0, 0.05) is 0 Å². The van der Waals surface area contributed by atoms with Crippen LogP contribution in [0.4, 0.5) is 0 Å². The zero-order chi connectivity index (χ0) is 10.2. The monoisotopic (exact) mass is 191 g/mol. The molecule has 0 radical (unpaired) electrons. The Bertz CT molecular complexity index is 255. The topological polar surface area (TPSA) is 26.0 Å². The summed E-state index contributed by atoms with van der Waals surface area (Å²) in [4.78, 5) is 0. The van der Waals surface area contributed by atoms with Crippen LogP contribution < -0.4 is 5.73 Å². The Kier molecular flexibility index (Phi) is 5.31. The second kappa shape index (κ2) is 6.61. The average Bonchev–Trinajstić information content (AvgIpc) is 2.21. The van der Waals surface area contributed by atoms with Gasteiger partial charge in [0.05, 0.1) is 0 Å². The van der Waals surface area contributed by atoms with Crippen LogP contribution in [0.5, 0.6) is 0 Å². The van der Waals surface area contributed by atoms with Crippen molar-refractivity contribution in [2.24, 2.45) is 5.73 Å². The number of nitrogens with two attached hydrogens (primary N) is 1. The van der Waals surface area contributed by atoms with E-state index in [4.69, 9.17) is 5.73 Å². The number of aryl methyl sites for hydroxylation is 2. The van der Waals surface area contributed by atoms with E-state index in [0.717, 1.165) is 13.0 Å². The molecule has 0 saturated heterocycles. The van der Waals surface area contributed by atoms with Crippen LogP contribution in [0.25, 0.3) is 0 Å². The largest absolute Gasteiger partial charge is 0.330 e. The van der Waals surface area contributed by atoms with Crippen LogP contribution in [0.2, 0.25) is 0 Å². The van der Waals surface area contributed by atoms with Crippen molar-refractivity contribution in [3.05, 3.63) is 35.4 Å². The van der Waals surface area contributed by atoms with Crippen LogP contribution in [-0.4, -0.2) is 6.54 Å². The normalized spacial score (nSPS) is 10.4. The molecule has 0 fully saturated rings. The van der Waals surface area contributed by atoms with E-state index in [2.05, 4.69) is 31.2 Å². The smallest absolute Gasteiger partial charge is 0.00772 e. The second-order valence-electron chi connectivity index (χ2n) is 3.76. The van der Waals surface area contributed by atoms with E-state index in [0.29, 0.717) is 0 Å². The zero-order valence-corrected chi connectivity index (χ0v) is 9.13. The lowest BCUT2D eigenvalue weighted by Gasteiger charge is -2.07. The molecule has 1 nitrogen and oxygen atoms in total. The summed E-state index contributed by atoms with van der Waals surface area (Å²) in [6.07, 6.45) is 5.98. The number of rotatable bonds is 6. The molecule has 78 valence electrons. The fourth-order valence-electron chi connectivity index (χ4n) is 1.77. The van der Waals surface area contributed by atoms with Crippen molar-refractivity contribution in [3.8, 4) is 0 Å². The molecular weight excluding hydrogens is 170 g/mol. The van der Waals surface area contributed by atoms with Gasteiger partial charge in [-0.05, 0) is 43.4 Å². The van der Waals surface area contributed by atoms with Gasteiger partial charge in [-0.1, -0.05) is 37.6 Å². The van der Waals surface area contributed by atoms with Crippen molar-refractivity contribution >= 4 is 0 Å². The van der Waals surface area contributed by atoms with Gasteiger partial charge in [0.15, 0.2) is 0 Å². The van der Waals surface area contributed by atoms with Crippen LogP contribution in [0.3, 0.4) is 0 Å².